The second-order valence-electron chi connectivity index (χ2n) is 9.93. The first kappa shape index (κ1) is 27.5. The van der Waals surface area contributed by atoms with Crippen LogP contribution in [0.5, 0.6) is 5.75 Å². The third-order valence-corrected chi connectivity index (χ3v) is 6.94. The second-order valence-corrected chi connectivity index (χ2v) is 9.93. The van der Waals surface area contributed by atoms with Crippen molar-refractivity contribution in [2.24, 2.45) is 0 Å². The topological polar surface area (TPSA) is 68.6 Å². The van der Waals surface area contributed by atoms with Crippen LogP contribution in [0.15, 0.2) is 73.3 Å². The van der Waals surface area contributed by atoms with Gasteiger partial charge in [0.15, 0.2) is 0 Å². The molecule has 1 aromatic heterocycles. The summed E-state index contributed by atoms with van der Waals surface area (Å²) in [5.74, 6) is -4.68. The zero-order valence-corrected chi connectivity index (χ0v) is 22.6. The summed E-state index contributed by atoms with van der Waals surface area (Å²) in [4.78, 5) is 15.4. The van der Waals surface area contributed by atoms with Crippen LogP contribution >= 0.6 is 0 Å². The average Bonchev–Trinajstić information content (AvgIpc) is 3.38. The SMILES string of the molecule is C=C(C)c1cc(NC(=O)C(F)(F)c2ccc(OCCN3CCOCC3)c3ccccc23)n(-c2ccc(C)cc2)n1. The van der Waals surface area contributed by atoms with E-state index in [2.05, 4.69) is 21.9 Å². The molecule has 1 aliphatic heterocycles. The van der Waals surface area contributed by atoms with Crippen molar-refractivity contribution in [1.29, 1.82) is 0 Å². The minimum Gasteiger partial charge on any atom is -0.492 e. The lowest BCUT2D eigenvalue weighted by Gasteiger charge is -2.26. The number of allylic oxidation sites excluding steroid dienone is 1. The molecule has 0 radical (unpaired) electrons. The number of ether oxygens (including phenoxy) is 2. The molecule has 1 amide bonds. The normalized spacial score (nSPS) is 14.3. The summed E-state index contributed by atoms with van der Waals surface area (Å²) in [6, 6.07) is 18.4. The van der Waals surface area contributed by atoms with E-state index in [1.807, 2.05) is 31.2 Å². The van der Waals surface area contributed by atoms with Crippen LogP contribution in [0.2, 0.25) is 0 Å². The summed E-state index contributed by atoms with van der Waals surface area (Å²) in [5.41, 5.74) is 2.39. The lowest BCUT2D eigenvalue weighted by molar-refractivity contribution is -0.140. The number of morpholine rings is 1. The van der Waals surface area contributed by atoms with E-state index in [9.17, 15) is 4.79 Å². The van der Waals surface area contributed by atoms with Crippen molar-refractivity contribution in [1.82, 2.24) is 14.7 Å². The molecule has 0 spiro atoms. The van der Waals surface area contributed by atoms with Gasteiger partial charge in [-0.2, -0.15) is 13.9 Å². The zero-order valence-electron chi connectivity index (χ0n) is 22.6. The first-order valence-corrected chi connectivity index (χ1v) is 13.2. The van der Waals surface area contributed by atoms with E-state index < -0.39 is 17.4 Å². The Balaban J connectivity index is 1.40. The summed E-state index contributed by atoms with van der Waals surface area (Å²) < 4.78 is 44.5. The molecule has 0 unspecified atom stereocenters. The van der Waals surface area contributed by atoms with Crippen LogP contribution in [0.25, 0.3) is 22.0 Å². The predicted molar refractivity (Wildman–Crippen MR) is 152 cm³/mol. The van der Waals surface area contributed by atoms with Crippen molar-refractivity contribution in [2.45, 2.75) is 19.8 Å². The van der Waals surface area contributed by atoms with E-state index in [1.165, 1.54) is 16.8 Å². The van der Waals surface area contributed by atoms with Gasteiger partial charge in [0.25, 0.3) is 0 Å². The number of halogens is 2. The van der Waals surface area contributed by atoms with E-state index in [4.69, 9.17) is 9.47 Å². The van der Waals surface area contributed by atoms with Crippen LogP contribution in [0.3, 0.4) is 0 Å². The maximum atomic E-state index is 15.8. The fourth-order valence-electron chi connectivity index (χ4n) is 4.66. The smallest absolute Gasteiger partial charge is 0.350 e. The highest BCUT2D eigenvalue weighted by Crippen LogP contribution is 2.38. The number of nitrogens with zero attached hydrogens (tertiary/aromatic N) is 3. The number of rotatable bonds is 9. The van der Waals surface area contributed by atoms with Gasteiger partial charge in [0.1, 0.15) is 18.2 Å². The van der Waals surface area contributed by atoms with Gasteiger partial charge in [-0.05, 0) is 49.1 Å². The molecule has 4 aromatic rings. The first-order chi connectivity index (χ1) is 19.2. The fraction of sp³-hybridized carbons (Fsp3) is 0.290. The molecule has 0 aliphatic carbocycles. The highest BCUT2D eigenvalue weighted by atomic mass is 19.3. The number of amides is 1. The van der Waals surface area contributed by atoms with Crippen LogP contribution in [-0.2, 0) is 15.5 Å². The maximum Gasteiger partial charge on any atom is 0.350 e. The van der Waals surface area contributed by atoms with Gasteiger partial charge < -0.3 is 14.8 Å². The Labute approximate surface area is 232 Å². The number of alkyl halides is 2. The fourth-order valence-corrected chi connectivity index (χ4v) is 4.66. The Bertz CT molecular complexity index is 1530. The molecule has 0 saturated carbocycles. The number of anilines is 1. The molecule has 0 atom stereocenters. The monoisotopic (exact) mass is 546 g/mol. The summed E-state index contributed by atoms with van der Waals surface area (Å²) in [7, 11) is 0. The lowest BCUT2D eigenvalue weighted by Crippen LogP contribution is -2.38. The van der Waals surface area contributed by atoms with E-state index >= 15 is 8.78 Å². The molecular formula is C31H32F2N4O3. The van der Waals surface area contributed by atoms with Crippen LogP contribution in [0.1, 0.15) is 23.7 Å². The number of fused-ring (bicyclic) bond motifs is 1. The molecule has 1 aliphatic rings. The Morgan fingerprint density at radius 2 is 1.77 bits per heavy atom. The highest BCUT2D eigenvalue weighted by molar-refractivity contribution is 6.01. The van der Waals surface area contributed by atoms with Crippen LogP contribution in [-0.4, -0.2) is 60.0 Å². The van der Waals surface area contributed by atoms with Crippen molar-refractivity contribution >= 4 is 28.1 Å². The summed E-state index contributed by atoms with van der Waals surface area (Å²) >= 11 is 0. The summed E-state index contributed by atoms with van der Waals surface area (Å²) in [6.45, 7) is 11.8. The van der Waals surface area contributed by atoms with Crippen molar-refractivity contribution < 1.29 is 23.0 Å². The van der Waals surface area contributed by atoms with Gasteiger partial charge in [-0.25, -0.2) is 4.68 Å². The third-order valence-electron chi connectivity index (χ3n) is 6.94. The number of nitrogens with one attached hydrogen (secondary N) is 1. The number of hydrogen-bond acceptors (Lipinski definition) is 5. The molecule has 208 valence electrons. The minimum atomic E-state index is -3.84. The van der Waals surface area contributed by atoms with E-state index in [-0.39, 0.29) is 11.2 Å². The molecule has 40 heavy (non-hydrogen) atoms. The largest absolute Gasteiger partial charge is 0.492 e. The van der Waals surface area contributed by atoms with Gasteiger partial charge in [0, 0.05) is 36.7 Å². The number of aromatic nitrogens is 2. The van der Waals surface area contributed by atoms with Gasteiger partial charge in [0.05, 0.1) is 24.6 Å². The molecule has 1 fully saturated rings. The van der Waals surface area contributed by atoms with Gasteiger partial charge >= 0.3 is 11.8 Å². The molecule has 0 bridgehead atoms. The van der Waals surface area contributed by atoms with Crippen molar-refractivity contribution in [3.8, 4) is 11.4 Å². The molecule has 5 rings (SSSR count). The number of hydrogen-bond donors (Lipinski definition) is 1. The average molecular weight is 547 g/mol. The Hall–Kier alpha value is -4.08. The van der Waals surface area contributed by atoms with Crippen LogP contribution in [0, 0.1) is 6.92 Å². The number of benzene rings is 3. The zero-order chi connectivity index (χ0) is 28.3. The number of carbonyl (C=O) groups excluding carboxylic acids is 1. The molecular weight excluding hydrogens is 514 g/mol. The van der Waals surface area contributed by atoms with Gasteiger partial charge in [-0.3, -0.25) is 9.69 Å². The van der Waals surface area contributed by atoms with Crippen LogP contribution < -0.4 is 10.1 Å². The molecule has 3 aromatic carbocycles. The van der Waals surface area contributed by atoms with Crippen molar-refractivity contribution in [3.05, 3.63) is 90.1 Å². The van der Waals surface area contributed by atoms with E-state index in [1.54, 1.807) is 37.3 Å². The Kier molecular flexibility index (Phi) is 7.95. The second kappa shape index (κ2) is 11.6. The maximum absolute atomic E-state index is 15.8. The van der Waals surface area contributed by atoms with Gasteiger partial charge in [-0.1, -0.05) is 48.5 Å². The highest BCUT2D eigenvalue weighted by Gasteiger charge is 2.43. The molecule has 9 heteroatoms. The Morgan fingerprint density at radius 3 is 2.48 bits per heavy atom. The lowest BCUT2D eigenvalue weighted by atomic mass is 9.98. The van der Waals surface area contributed by atoms with Crippen LogP contribution in [0.4, 0.5) is 14.6 Å². The standard InChI is InChI=1S/C31H32F2N4O3/c1-21(2)27-20-29(37(35-27)23-10-8-22(3)9-11-23)34-30(38)31(32,33)26-12-13-28(25-7-5-4-6-24(25)26)40-19-16-36-14-17-39-18-15-36/h4-13,20H,1,14-19H2,2-3H3,(H,34,38). The van der Waals surface area contributed by atoms with Gasteiger partial charge in [0.2, 0.25) is 0 Å². The number of carbonyl (C=O) groups is 1. The van der Waals surface area contributed by atoms with Crippen molar-refractivity contribution in [3.63, 3.8) is 0 Å². The predicted octanol–water partition coefficient (Wildman–Crippen LogP) is 5.81. The van der Waals surface area contributed by atoms with Crippen molar-refractivity contribution in [2.75, 3.05) is 44.8 Å². The minimum absolute atomic E-state index is 0.124. The summed E-state index contributed by atoms with van der Waals surface area (Å²) in [6.07, 6.45) is 0. The van der Waals surface area contributed by atoms with Gasteiger partial charge in [-0.15, -0.1) is 0 Å². The van der Waals surface area contributed by atoms with E-state index in [0.29, 0.717) is 54.5 Å². The quantitative estimate of drug-likeness (QED) is 0.287. The Morgan fingerprint density at radius 1 is 1.07 bits per heavy atom. The molecule has 7 nitrogen and oxygen atoms in total. The third kappa shape index (κ3) is 5.76. The molecule has 2 heterocycles. The van der Waals surface area contributed by atoms with E-state index in [0.717, 1.165) is 18.7 Å². The number of aryl methyl sites for hydroxylation is 1. The molecule has 1 N–H and O–H groups in total. The first-order valence-electron chi connectivity index (χ1n) is 13.2. The molecule has 1 saturated heterocycles. The summed E-state index contributed by atoms with van der Waals surface area (Å²) in [5, 5.41) is 7.65.